The molecule has 0 bridgehead atoms. The second kappa shape index (κ2) is 4.05. The van der Waals surface area contributed by atoms with Crippen molar-refractivity contribution >= 4 is 11.8 Å². The maximum Gasteiger partial charge on any atom is 0.0648 e. The number of hydrogen-bond donors (Lipinski definition) is 1. The molecule has 0 aromatic heterocycles. The highest BCUT2D eigenvalue weighted by Gasteiger charge is 2.40. The Morgan fingerprint density at radius 1 is 1.21 bits per heavy atom. The van der Waals surface area contributed by atoms with Crippen LogP contribution in [-0.4, -0.2) is 17.2 Å². The minimum absolute atomic E-state index is 0.457. The van der Waals surface area contributed by atoms with Crippen LogP contribution in [0.1, 0.15) is 40.0 Å². The maximum absolute atomic E-state index is 3.80. The zero-order chi connectivity index (χ0) is 10.2. The molecule has 2 heteroatoms. The Labute approximate surface area is 92.4 Å². The highest BCUT2D eigenvalue weighted by molar-refractivity contribution is 8.00. The topological polar surface area (TPSA) is 12.0 Å². The molecule has 1 aliphatic carbocycles. The van der Waals surface area contributed by atoms with Crippen LogP contribution in [0.4, 0.5) is 0 Å². The fourth-order valence-corrected chi connectivity index (χ4v) is 4.18. The molecule has 1 aliphatic heterocycles. The van der Waals surface area contributed by atoms with Crippen molar-refractivity contribution < 1.29 is 0 Å². The van der Waals surface area contributed by atoms with Crippen LogP contribution in [0.3, 0.4) is 0 Å². The van der Waals surface area contributed by atoms with E-state index in [-0.39, 0.29) is 0 Å². The Hall–Kier alpha value is 0.310. The molecule has 0 radical (unpaired) electrons. The molecule has 14 heavy (non-hydrogen) atoms. The lowest BCUT2D eigenvalue weighted by molar-refractivity contribution is 0.197. The Morgan fingerprint density at radius 2 is 2.00 bits per heavy atom. The third-order valence-corrected chi connectivity index (χ3v) is 5.85. The van der Waals surface area contributed by atoms with E-state index in [1.807, 2.05) is 0 Å². The summed E-state index contributed by atoms with van der Waals surface area (Å²) in [4.78, 5) is 0.457. The van der Waals surface area contributed by atoms with Gasteiger partial charge in [0.25, 0.3) is 0 Å². The van der Waals surface area contributed by atoms with E-state index in [2.05, 4.69) is 37.8 Å². The van der Waals surface area contributed by atoms with E-state index < -0.39 is 0 Å². The van der Waals surface area contributed by atoms with E-state index in [4.69, 9.17) is 0 Å². The van der Waals surface area contributed by atoms with Crippen molar-refractivity contribution in [1.29, 1.82) is 0 Å². The van der Waals surface area contributed by atoms with Gasteiger partial charge in [0.2, 0.25) is 0 Å². The van der Waals surface area contributed by atoms with Crippen LogP contribution in [0.25, 0.3) is 0 Å². The average molecular weight is 213 g/mol. The standard InChI is InChI=1S/C12H23NS/c1-9-7-13-12(14-8-9)5-4-10(2)11(3)6-12/h9-11,13H,4-8H2,1-3H3. The van der Waals surface area contributed by atoms with Gasteiger partial charge in [-0.3, -0.25) is 0 Å². The zero-order valence-electron chi connectivity index (χ0n) is 9.68. The van der Waals surface area contributed by atoms with Crippen LogP contribution in [0.5, 0.6) is 0 Å². The second-order valence-corrected chi connectivity index (χ2v) is 6.89. The third kappa shape index (κ3) is 2.11. The van der Waals surface area contributed by atoms with Crippen molar-refractivity contribution in [3.8, 4) is 0 Å². The Kier molecular flexibility index (Phi) is 3.13. The fourth-order valence-electron chi connectivity index (χ4n) is 2.63. The summed E-state index contributed by atoms with van der Waals surface area (Å²) in [5.41, 5.74) is 0. The summed E-state index contributed by atoms with van der Waals surface area (Å²) in [6.45, 7) is 8.41. The van der Waals surface area contributed by atoms with Crippen LogP contribution in [0, 0.1) is 17.8 Å². The number of hydrogen-bond acceptors (Lipinski definition) is 2. The molecule has 0 amide bonds. The zero-order valence-corrected chi connectivity index (χ0v) is 10.5. The first-order chi connectivity index (χ1) is 6.61. The first-order valence-electron chi connectivity index (χ1n) is 6.00. The van der Waals surface area contributed by atoms with Gasteiger partial charge in [0.05, 0.1) is 4.87 Å². The van der Waals surface area contributed by atoms with Crippen molar-refractivity contribution in [2.45, 2.75) is 44.9 Å². The summed E-state index contributed by atoms with van der Waals surface area (Å²) in [5.74, 6) is 4.05. The molecule has 1 spiro atoms. The van der Waals surface area contributed by atoms with E-state index in [1.165, 1.54) is 31.6 Å². The minimum atomic E-state index is 0.457. The van der Waals surface area contributed by atoms with Crippen molar-refractivity contribution in [2.75, 3.05) is 12.3 Å². The lowest BCUT2D eigenvalue weighted by Gasteiger charge is -2.46. The van der Waals surface area contributed by atoms with Crippen molar-refractivity contribution in [3.05, 3.63) is 0 Å². The molecule has 0 aromatic rings. The molecule has 2 fully saturated rings. The van der Waals surface area contributed by atoms with Gasteiger partial charge in [-0.15, -0.1) is 11.8 Å². The average Bonchev–Trinajstić information content (AvgIpc) is 2.18. The highest BCUT2D eigenvalue weighted by atomic mass is 32.2. The van der Waals surface area contributed by atoms with E-state index in [9.17, 15) is 0 Å². The molecule has 1 saturated carbocycles. The number of rotatable bonds is 0. The van der Waals surface area contributed by atoms with Crippen LogP contribution >= 0.6 is 11.8 Å². The largest absolute Gasteiger partial charge is 0.302 e. The molecule has 1 nitrogen and oxygen atoms in total. The van der Waals surface area contributed by atoms with Gasteiger partial charge in [-0.05, 0) is 49.3 Å². The van der Waals surface area contributed by atoms with Gasteiger partial charge < -0.3 is 5.32 Å². The highest BCUT2D eigenvalue weighted by Crippen LogP contribution is 2.44. The van der Waals surface area contributed by atoms with Crippen molar-refractivity contribution in [1.82, 2.24) is 5.32 Å². The van der Waals surface area contributed by atoms with Gasteiger partial charge in [0.15, 0.2) is 0 Å². The normalized spacial score (nSPS) is 49.5. The number of thioether (sulfide) groups is 1. The Morgan fingerprint density at radius 3 is 2.57 bits per heavy atom. The van der Waals surface area contributed by atoms with Gasteiger partial charge in [0, 0.05) is 0 Å². The molecule has 1 heterocycles. The summed E-state index contributed by atoms with van der Waals surface area (Å²) in [6, 6.07) is 0. The first kappa shape index (κ1) is 10.8. The Balaban J connectivity index is 1.97. The molecule has 4 unspecified atom stereocenters. The monoisotopic (exact) mass is 213 g/mol. The molecule has 0 aromatic carbocycles. The molecule has 1 saturated heterocycles. The predicted octanol–water partition coefficient (Wildman–Crippen LogP) is 3.11. The lowest BCUT2D eigenvalue weighted by atomic mass is 9.78. The molecule has 4 atom stereocenters. The van der Waals surface area contributed by atoms with Gasteiger partial charge in [-0.1, -0.05) is 20.8 Å². The summed E-state index contributed by atoms with van der Waals surface area (Å²) in [7, 11) is 0. The van der Waals surface area contributed by atoms with Crippen LogP contribution in [0.15, 0.2) is 0 Å². The summed E-state index contributed by atoms with van der Waals surface area (Å²) < 4.78 is 0. The quantitative estimate of drug-likeness (QED) is 0.663. The second-order valence-electron chi connectivity index (χ2n) is 5.49. The molecular formula is C12H23NS. The van der Waals surface area contributed by atoms with Gasteiger partial charge in [-0.2, -0.15) is 0 Å². The SMILES string of the molecule is CC1CNC2(CCC(C)C(C)C2)SC1. The summed E-state index contributed by atoms with van der Waals surface area (Å²) in [6.07, 6.45) is 4.18. The molecule has 2 rings (SSSR count). The Bertz CT molecular complexity index is 191. The van der Waals surface area contributed by atoms with E-state index in [0.29, 0.717) is 4.87 Å². The number of nitrogens with one attached hydrogen (secondary N) is 1. The lowest BCUT2D eigenvalue weighted by Crippen LogP contribution is -2.52. The minimum Gasteiger partial charge on any atom is -0.302 e. The van der Waals surface area contributed by atoms with E-state index in [1.54, 1.807) is 0 Å². The van der Waals surface area contributed by atoms with Gasteiger partial charge in [0.1, 0.15) is 0 Å². The van der Waals surface area contributed by atoms with Crippen LogP contribution in [-0.2, 0) is 0 Å². The third-order valence-electron chi connectivity index (χ3n) is 4.04. The van der Waals surface area contributed by atoms with Crippen LogP contribution in [0.2, 0.25) is 0 Å². The smallest absolute Gasteiger partial charge is 0.0648 e. The van der Waals surface area contributed by atoms with Crippen molar-refractivity contribution in [3.63, 3.8) is 0 Å². The predicted molar refractivity (Wildman–Crippen MR) is 64.5 cm³/mol. The maximum atomic E-state index is 3.80. The molecular weight excluding hydrogens is 190 g/mol. The van der Waals surface area contributed by atoms with Gasteiger partial charge in [-0.25, -0.2) is 0 Å². The van der Waals surface area contributed by atoms with E-state index >= 15 is 0 Å². The molecule has 2 aliphatic rings. The molecule has 1 N–H and O–H groups in total. The fraction of sp³-hybridized carbons (Fsp3) is 1.00. The van der Waals surface area contributed by atoms with Crippen LogP contribution < -0.4 is 5.32 Å². The van der Waals surface area contributed by atoms with Crippen molar-refractivity contribution in [2.24, 2.45) is 17.8 Å². The van der Waals surface area contributed by atoms with Gasteiger partial charge >= 0.3 is 0 Å². The summed E-state index contributed by atoms with van der Waals surface area (Å²) in [5, 5.41) is 3.80. The molecule has 82 valence electrons. The first-order valence-corrected chi connectivity index (χ1v) is 6.99. The summed E-state index contributed by atoms with van der Waals surface area (Å²) >= 11 is 2.19. The van der Waals surface area contributed by atoms with E-state index in [0.717, 1.165) is 17.8 Å².